The molecule has 1 aliphatic rings. The molecule has 0 spiro atoms. The Hall–Kier alpha value is -1.26. The fourth-order valence-corrected chi connectivity index (χ4v) is 2.36. The third-order valence-corrected chi connectivity index (χ3v) is 3.57. The van der Waals surface area contributed by atoms with Gasteiger partial charge in [-0.15, -0.1) is 0 Å². The van der Waals surface area contributed by atoms with E-state index >= 15 is 0 Å². The number of carbonyl (C=O) groups is 1. The molecule has 98 valence electrons. The summed E-state index contributed by atoms with van der Waals surface area (Å²) in [4.78, 5) is 14.3. The van der Waals surface area contributed by atoms with Crippen molar-refractivity contribution in [3.63, 3.8) is 0 Å². The van der Waals surface area contributed by atoms with Gasteiger partial charge >= 0.3 is 0 Å². The minimum atomic E-state index is -0.123. The molecule has 1 unspecified atom stereocenters. The highest BCUT2D eigenvalue weighted by Crippen LogP contribution is 2.23. The molecule has 0 saturated carbocycles. The van der Waals surface area contributed by atoms with Crippen LogP contribution in [0.5, 0.6) is 0 Å². The highest BCUT2D eigenvalue weighted by atomic mass is 35.5. The van der Waals surface area contributed by atoms with Crippen LogP contribution in [0.15, 0.2) is 18.2 Å². The van der Waals surface area contributed by atoms with Crippen LogP contribution in [0.25, 0.3) is 0 Å². The zero-order chi connectivity index (χ0) is 13.1. The van der Waals surface area contributed by atoms with Crippen molar-refractivity contribution in [1.29, 1.82) is 0 Å². The van der Waals surface area contributed by atoms with E-state index in [1.54, 1.807) is 18.2 Å². The number of hydrogen-bond acceptors (Lipinski definition) is 3. The van der Waals surface area contributed by atoms with E-state index < -0.39 is 0 Å². The van der Waals surface area contributed by atoms with Crippen molar-refractivity contribution >= 4 is 28.9 Å². The van der Waals surface area contributed by atoms with Gasteiger partial charge in [0.2, 0.25) is 5.91 Å². The van der Waals surface area contributed by atoms with Gasteiger partial charge in [0.1, 0.15) is 0 Å². The number of amides is 1. The molecule has 1 amide bonds. The molecule has 0 radical (unpaired) electrons. The number of rotatable bonds is 3. The minimum absolute atomic E-state index is 0.0223. The Balaban J connectivity index is 2.01. The van der Waals surface area contributed by atoms with E-state index in [1.165, 1.54) is 12.8 Å². The molecule has 1 saturated heterocycles. The fourth-order valence-electron chi connectivity index (χ4n) is 2.18. The lowest BCUT2D eigenvalue weighted by Crippen LogP contribution is -2.40. The van der Waals surface area contributed by atoms with Gasteiger partial charge in [0.15, 0.2) is 0 Å². The van der Waals surface area contributed by atoms with Crippen molar-refractivity contribution in [1.82, 2.24) is 4.90 Å². The Kier molecular flexibility index (Phi) is 4.09. The first-order chi connectivity index (χ1) is 8.58. The maximum Gasteiger partial charge on any atom is 0.241 e. The lowest BCUT2D eigenvalue weighted by atomic mass is 10.2. The van der Waals surface area contributed by atoms with Gasteiger partial charge in [0.25, 0.3) is 0 Å². The van der Waals surface area contributed by atoms with Crippen LogP contribution in [0.2, 0.25) is 5.02 Å². The standard InChI is InChI=1S/C13H18ClN3O/c1-9(17-6-2-3-7-17)13(18)16-12-5-4-10(14)8-11(12)15/h4-5,8-9H,2-3,6-7,15H2,1H3,(H,16,18). The van der Waals surface area contributed by atoms with Crippen LogP contribution in [-0.4, -0.2) is 29.9 Å². The predicted molar refractivity (Wildman–Crippen MR) is 74.8 cm³/mol. The lowest BCUT2D eigenvalue weighted by Gasteiger charge is -2.23. The second-order valence-corrected chi connectivity index (χ2v) is 5.08. The lowest BCUT2D eigenvalue weighted by molar-refractivity contribution is -0.120. The molecule has 0 aliphatic carbocycles. The zero-order valence-corrected chi connectivity index (χ0v) is 11.2. The number of carbonyl (C=O) groups excluding carboxylic acids is 1. The molecule has 0 bridgehead atoms. The maximum absolute atomic E-state index is 12.1. The Morgan fingerprint density at radius 1 is 1.44 bits per heavy atom. The smallest absolute Gasteiger partial charge is 0.241 e. The quantitative estimate of drug-likeness (QED) is 0.827. The molecule has 1 aliphatic heterocycles. The molecular formula is C13H18ClN3O. The van der Waals surface area contributed by atoms with Crippen molar-refractivity contribution in [3.05, 3.63) is 23.2 Å². The topological polar surface area (TPSA) is 58.4 Å². The van der Waals surface area contributed by atoms with Crippen LogP contribution in [0.1, 0.15) is 19.8 Å². The molecule has 1 atom stereocenters. The zero-order valence-electron chi connectivity index (χ0n) is 10.4. The molecule has 4 nitrogen and oxygen atoms in total. The monoisotopic (exact) mass is 267 g/mol. The summed E-state index contributed by atoms with van der Waals surface area (Å²) in [6.07, 6.45) is 2.33. The molecular weight excluding hydrogens is 250 g/mol. The van der Waals surface area contributed by atoms with E-state index in [-0.39, 0.29) is 11.9 Å². The molecule has 1 aromatic carbocycles. The Labute approximate surface area is 112 Å². The number of nitrogens with one attached hydrogen (secondary N) is 1. The Bertz CT molecular complexity index is 444. The molecule has 3 N–H and O–H groups in total. The highest BCUT2D eigenvalue weighted by molar-refractivity contribution is 6.31. The van der Waals surface area contributed by atoms with Crippen LogP contribution in [0, 0.1) is 0 Å². The summed E-state index contributed by atoms with van der Waals surface area (Å²) in [7, 11) is 0. The van der Waals surface area contributed by atoms with Crippen molar-refractivity contribution in [2.75, 3.05) is 24.1 Å². The largest absolute Gasteiger partial charge is 0.397 e. The van der Waals surface area contributed by atoms with Crippen LogP contribution < -0.4 is 11.1 Å². The number of likely N-dealkylation sites (tertiary alicyclic amines) is 1. The van der Waals surface area contributed by atoms with Gasteiger partial charge in [-0.3, -0.25) is 9.69 Å². The van der Waals surface area contributed by atoms with Gasteiger partial charge in [0.05, 0.1) is 17.4 Å². The van der Waals surface area contributed by atoms with Gasteiger partial charge in [-0.2, -0.15) is 0 Å². The van der Waals surface area contributed by atoms with E-state index in [2.05, 4.69) is 10.2 Å². The van der Waals surface area contributed by atoms with Crippen molar-refractivity contribution in [2.45, 2.75) is 25.8 Å². The second-order valence-electron chi connectivity index (χ2n) is 4.64. The number of nitrogen functional groups attached to an aromatic ring is 1. The summed E-state index contributed by atoms with van der Waals surface area (Å²) in [5.74, 6) is -0.0223. The van der Waals surface area contributed by atoms with E-state index in [4.69, 9.17) is 17.3 Å². The van der Waals surface area contributed by atoms with Crippen LogP contribution in [0.4, 0.5) is 11.4 Å². The first-order valence-electron chi connectivity index (χ1n) is 6.18. The van der Waals surface area contributed by atoms with Gasteiger partial charge in [-0.25, -0.2) is 0 Å². The molecule has 18 heavy (non-hydrogen) atoms. The SMILES string of the molecule is CC(C(=O)Nc1ccc(Cl)cc1N)N1CCCC1. The summed E-state index contributed by atoms with van der Waals surface area (Å²) in [6, 6.07) is 4.96. The van der Waals surface area contributed by atoms with Crippen LogP contribution in [0.3, 0.4) is 0 Å². The number of anilines is 2. The van der Waals surface area contributed by atoms with E-state index in [9.17, 15) is 4.79 Å². The predicted octanol–water partition coefficient (Wildman–Crippen LogP) is 2.35. The van der Waals surface area contributed by atoms with Gasteiger partial charge in [0, 0.05) is 5.02 Å². The number of halogens is 1. The molecule has 1 fully saturated rings. The normalized spacial score (nSPS) is 17.7. The summed E-state index contributed by atoms with van der Waals surface area (Å²) < 4.78 is 0. The number of hydrogen-bond donors (Lipinski definition) is 2. The minimum Gasteiger partial charge on any atom is -0.397 e. The summed E-state index contributed by atoms with van der Waals surface area (Å²) in [5.41, 5.74) is 6.92. The van der Waals surface area contributed by atoms with Crippen molar-refractivity contribution in [2.24, 2.45) is 0 Å². The Morgan fingerprint density at radius 3 is 2.72 bits per heavy atom. The van der Waals surface area contributed by atoms with Crippen LogP contribution >= 0.6 is 11.6 Å². The molecule has 1 aromatic rings. The first kappa shape index (κ1) is 13.2. The highest BCUT2D eigenvalue weighted by Gasteiger charge is 2.24. The summed E-state index contributed by atoms with van der Waals surface area (Å²) in [5, 5.41) is 3.42. The summed E-state index contributed by atoms with van der Waals surface area (Å²) in [6.45, 7) is 3.90. The maximum atomic E-state index is 12.1. The van der Waals surface area contributed by atoms with E-state index in [1.807, 2.05) is 6.92 Å². The third kappa shape index (κ3) is 2.94. The fraction of sp³-hybridized carbons (Fsp3) is 0.462. The van der Waals surface area contributed by atoms with Gasteiger partial charge in [-0.05, 0) is 51.1 Å². The number of nitrogens with zero attached hydrogens (tertiary/aromatic N) is 1. The molecule has 2 rings (SSSR count). The average Bonchev–Trinajstić information content (AvgIpc) is 2.85. The van der Waals surface area contributed by atoms with Crippen LogP contribution in [-0.2, 0) is 4.79 Å². The molecule has 5 heteroatoms. The number of benzene rings is 1. The van der Waals surface area contributed by atoms with E-state index in [0.717, 1.165) is 13.1 Å². The number of nitrogens with two attached hydrogens (primary N) is 1. The van der Waals surface area contributed by atoms with Crippen molar-refractivity contribution in [3.8, 4) is 0 Å². The Morgan fingerprint density at radius 2 is 2.11 bits per heavy atom. The third-order valence-electron chi connectivity index (χ3n) is 3.34. The van der Waals surface area contributed by atoms with Gasteiger partial charge < -0.3 is 11.1 Å². The van der Waals surface area contributed by atoms with Gasteiger partial charge in [-0.1, -0.05) is 11.6 Å². The molecule has 1 heterocycles. The average molecular weight is 268 g/mol. The second kappa shape index (κ2) is 5.59. The molecule has 0 aromatic heterocycles. The van der Waals surface area contributed by atoms with E-state index in [0.29, 0.717) is 16.4 Å². The van der Waals surface area contributed by atoms with Crippen molar-refractivity contribution < 1.29 is 4.79 Å². The summed E-state index contributed by atoms with van der Waals surface area (Å²) >= 11 is 5.82. The first-order valence-corrected chi connectivity index (χ1v) is 6.55.